The fourth-order valence-electron chi connectivity index (χ4n) is 1.15. The lowest BCUT2D eigenvalue weighted by Gasteiger charge is -1.94. The molecule has 2 heterocycles. The number of hydrogen-bond acceptors (Lipinski definition) is 4. The fourth-order valence-corrected chi connectivity index (χ4v) is 1.15. The Kier molecular flexibility index (Phi) is 2.45. The number of aromatic nitrogens is 2. The van der Waals surface area contributed by atoms with Crippen molar-refractivity contribution in [3.63, 3.8) is 0 Å². The summed E-state index contributed by atoms with van der Waals surface area (Å²) in [6.07, 6.45) is 3.26. The van der Waals surface area contributed by atoms with Gasteiger partial charge in [-0.15, -0.1) is 0 Å². The van der Waals surface area contributed by atoms with Crippen LogP contribution in [0.1, 0.15) is 22.1 Å². The third-order valence-corrected chi connectivity index (χ3v) is 1.82. The molecule has 0 aromatic carbocycles. The zero-order valence-corrected chi connectivity index (χ0v) is 7.75. The number of hydrogen-bond donors (Lipinski definition) is 1. The van der Waals surface area contributed by atoms with E-state index in [4.69, 9.17) is 9.52 Å². The second-order valence-electron chi connectivity index (χ2n) is 2.92. The molecule has 0 fully saturated rings. The van der Waals surface area contributed by atoms with Crippen LogP contribution < -0.4 is 0 Å². The SMILES string of the molecule is O=C(O)c1cnc(Cc2ccccn2)o1. The van der Waals surface area contributed by atoms with Gasteiger partial charge in [0.1, 0.15) is 0 Å². The summed E-state index contributed by atoms with van der Waals surface area (Å²) in [6.45, 7) is 0. The third-order valence-electron chi connectivity index (χ3n) is 1.82. The first-order chi connectivity index (χ1) is 7.25. The molecule has 5 nitrogen and oxygen atoms in total. The maximum absolute atomic E-state index is 10.5. The van der Waals surface area contributed by atoms with Gasteiger partial charge in [0.2, 0.25) is 11.7 Å². The van der Waals surface area contributed by atoms with E-state index >= 15 is 0 Å². The van der Waals surface area contributed by atoms with Gasteiger partial charge in [0.25, 0.3) is 0 Å². The van der Waals surface area contributed by atoms with Crippen LogP contribution in [0.2, 0.25) is 0 Å². The van der Waals surface area contributed by atoms with E-state index in [0.29, 0.717) is 12.3 Å². The van der Waals surface area contributed by atoms with Gasteiger partial charge in [-0.05, 0) is 12.1 Å². The van der Waals surface area contributed by atoms with Crippen LogP contribution in [0.15, 0.2) is 35.0 Å². The van der Waals surface area contributed by atoms with Crippen LogP contribution in [0, 0.1) is 0 Å². The Hall–Kier alpha value is -2.17. The van der Waals surface area contributed by atoms with Gasteiger partial charge in [0.05, 0.1) is 12.6 Å². The van der Waals surface area contributed by atoms with E-state index in [2.05, 4.69) is 9.97 Å². The molecule has 2 aromatic rings. The topological polar surface area (TPSA) is 76.2 Å². The average molecular weight is 204 g/mol. The molecule has 0 atom stereocenters. The molecule has 0 saturated heterocycles. The normalized spacial score (nSPS) is 10.1. The number of oxazole rings is 1. The number of carboxylic acids is 1. The summed E-state index contributed by atoms with van der Waals surface area (Å²) in [5.41, 5.74) is 0.788. The van der Waals surface area contributed by atoms with Crippen LogP contribution in [0.5, 0.6) is 0 Å². The minimum Gasteiger partial charge on any atom is -0.475 e. The highest BCUT2D eigenvalue weighted by Gasteiger charge is 2.10. The number of nitrogens with zero attached hydrogens (tertiary/aromatic N) is 2. The van der Waals surface area contributed by atoms with Gasteiger partial charge in [-0.2, -0.15) is 0 Å². The highest BCUT2D eigenvalue weighted by molar-refractivity contribution is 5.83. The van der Waals surface area contributed by atoms with Crippen molar-refractivity contribution in [3.8, 4) is 0 Å². The van der Waals surface area contributed by atoms with Crippen LogP contribution in [0.25, 0.3) is 0 Å². The molecule has 76 valence electrons. The Morgan fingerprint density at radius 1 is 1.40 bits per heavy atom. The van der Waals surface area contributed by atoms with Gasteiger partial charge < -0.3 is 9.52 Å². The number of carboxylic acid groups (broad SMARTS) is 1. The molecule has 0 bridgehead atoms. The van der Waals surface area contributed by atoms with Crippen LogP contribution in [-0.4, -0.2) is 21.0 Å². The van der Waals surface area contributed by atoms with Gasteiger partial charge in [-0.25, -0.2) is 9.78 Å². The van der Waals surface area contributed by atoms with E-state index in [0.717, 1.165) is 5.69 Å². The van der Waals surface area contributed by atoms with Crippen molar-refractivity contribution < 1.29 is 14.3 Å². The zero-order valence-electron chi connectivity index (χ0n) is 7.75. The molecule has 1 N–H and O–H groups in total. The molecule has 0 aliphatic heterocycles. The molecule has 0 radical (unpaired) electrons. The molecule has 2 aromatic heterocycles. The molecule has 0 aliphatic rings. The predicted molar refractivity (Wildman–Crippen MR) is 50.5 cm³/mol. The summed E-state index contributed by atoms with van der Waals surface area (Å²) in [5.74, 6) is -0.915. The van der Waals surface area contributed by atoms with E-state index in [1.54, 1.807) is 6.20 Å². The minimum absolute atomic E-state index is 0.152. The summed E-state index contributed by atoms with van der Waals surface area (Å²) in [6, 6.07) is 5.48. The van der Waals surface area contributed by atoms with Crippen molar-refractivity contribution in [1.29, 1.82) is 0 Å². The van der Waals surface area contributed by atoms with Crippen molar-refractivity contribution >= 4 is 5.97 Å². The van der Waals surface area contributed by atoms with Crippen LogP contribution in [0.3, 0.4) is 0 Å². The van der Waals surface area contributed by atoms with E-state index < -0.39 is 5.97 Å². The first kappa shape index (κ1) is 9.39. The molecular weight excluding hydrogens is 196 g/mol. The van der Waals surface area contributed by atoms with Gasteiger partial charge in [-0.1, -0.05) is 6.07 Å². The first-order valence-electron chi connectivity index (χ1n) is 4.33. The zero-order chi connectivity index (χ0) is 10.7. The Bertz CT molecular complexity index is 465. The largest absolute Gasteiger partial charge is 0.475 e. The minimum atomic E-state index is -1.12. The van der Waals surface area contributed by atoms with E-state index in [9.17, 15) is 4.79 Å². The van der Waals surface area contributed by atoms with Crippen molar-refractivity contribution in [1.82, 2.24) is 9.97 Å². The molecule has 0 unspecified atom stereocenters. The molecular formula is C10H8N2O3. The Labute approximate surface area is 85.4 Å². The number of carbonyl (C=O) groups is 1. The van der Waals surface area contributed by atoms with E-state index in [-0.39, 0.29) is 5.76 Å². The molecule has 15 heavy (non-hydrogen) atoms. The molecule has 5 heteroatoms. The summed E-state index contributed by atoms with van der Waals surface area (Å²) < 4.78 is 5.00. The molecule has 2 rings (SSSR count). The summed E-state index contributed by atoms with van der Waals surface area (Å²) in [4.78, 5) is 18.4. The maximum atomic E-state index is 10.5. The van der Waals surface area contributed by atoms with Crippen molar-refractivity contribution in [3.05, 3.63) is 47.9 Å². The van der Waals surface area contributed by atoms with Gasteiger partial charge >= 0.3 is 5.97 Å². The summed E-state index contributed by atoms with van der Waals surface area (Å²) in [5, 5.41) is 8.61. The quantitative estimate of drug-likeness (QED) is 0.816. The third kappa shape index (κ3) is 2.19. The van der Waals surface area contributed by atoms with Crippen molar-refractivity contribution in [2.24, 2.45) is 0 Å². The highest BCUT2D eigenvalue weighted by Crippen LogP contribution is 2.08. The smallest absolute Gasteiger partial charge is 0.373 e. The molecule has 0 aliphatic carbocycles. The monoisotopic (exact) mass is 204 g/mol. The predicted octanol–water partition coefficient (Wildman–Crippen LogP) is 1.36. The summed E-state index contributed by atoms with van der Waals surface area (Å²) in [7, 11) is 0. The van der Waals surface area contributed by atoms with Crippen molar-refractivity contribution in [2.45, 2.75) is 6.42 Å². The Morgan fingerprint density at radius 2 is 2.27 bits per heavy atom. The van der Waals surface area contributed by atoms with Gasteiger partial charge in [-0.3, -0.25) is 4.98 Å². The number of rotatable bonds is 3. The second-order valence-corrected chi connectivity index (χ2v) is 2.92. The molecule has 0 saturated carbocycles. The highest BCUT2D eigenvalue weighted by atomic mass is 16.4. The lowest BCUT2D eigenvalue weighted by molar-refractivity contribution is 0.0660. The van der Waals surface area contributed by atoms with Crippen molar-refractivity contribution in [2.75, 3.05) is 0 Å². The standard InChI is InChI=1S/C10H8N2O3/c13-10(14)8-6-12-9(15-8)5-7-3-1-2-4-11-7/h1-4,6H,5H2,(H,13,14). The number of pyridine rings is 1. The molecule has 0 spiro atoms. The Balaban J connectivity index is 2.15. The fraction of sp³-hybridized carbons (Fsp3) is 0.100. The average Bonchev–Trinajstić information content (AvgIpc) is 2.68. The van der Waals surface area contributed by atoms with Crippen LogP contribution in [-0.2, 0) is 6.42 Å². The van der Waals surface area contributed by atoms with E-state index in [1.165, 1.54) is 6.20 Å². The second kappa shape index (κ2) is 3.91. The number of aromatic carboxylic acids is 1. The summed E-state index contributed by atoms with van der Waals surface area (Å²) >= 11 is 0. The van der Waals surface area contributed by atoms with Crippen LogP contribution >= 0.6 is 0 Å². The van der Waals surface area contributed by atoms with Gasteiger partial charge in [0.15, 0.2) is 0 Å². The van der Waals surface area contributed by atoms with Gasteiger partial charge in [0, 0.05) is 11.9 Å². The van der Waals surface area contributed by atoms with E-state index in [1.807, 2.05) is 18.2 Å². The maximum Gasteiger partial charge on any atom is 0.373 e. The Morgan fingerprint density at radius 3 is 2.87 bits per heavy atom. The first-order valence-corrected chi connectivity index (χ1v) is 4.33. The lowest BCUT2D eigenvalue weighted by Crippen LogP contribution is -1.93. The lowest BCUT2D eigenvalue weighted by atomic mass is 10.3. The van der Waals surface area contributed by atoms with Crippen LogP contribution in [0.4, 0.5) is 0 Å². The molecule has 0 amide bonds.